The van der Waals surface area contributed by atoms with Gasteiger partial charge >= 0.3 is 6.18 Å². The van der Waals surface area contributed by atoms with Crippen LogP contribution < -0.4 is 5.32 Å². The van der Waals surface area contributed by atoms with Gasteiger partial charge < -0.3 is 0 Å². The van der Waals surface area contributed by atoms with Crippen molar-refractivity contribution in [1.29, 1.82) is 0 Å². The van der Waals surface area contributed by atoms with E-state index in [-0.39, 0.29) is 19.4 Å². The summed E-state index contributed by atoms with van der Waals surface area (Å²) in [7, 11) is 0. The Labute approximate surface area is 115 Å². The number of nitrogens with one attached hydrogen (secondary N) is 1. The van der Waals surface area contributed by atoms with Crippen LogP contribution in [-0.2, 0) is 19.5 Å². The molecule has 1 aromatic heterocycles. The van der Waals surface area contributed by atoms with Gasteiger partial charge in [0.05, 0.1) is 16.4 Å². The van der Waals surface area contributed by atoms with Gasteiger partial charge in [0.2, 0.25) is 0 Å². The van der Waals surface area contributed by atoms with Gasteiger partial charge in [-0.25, -0.2) is 0 Å². The number of hydrogen-bond acceptors (Lipinski definition) is 2. The van der Waals surface area contributed by atoms with Crippen molar-refractivity contribution in [1.82, 2.24) is 15.1 Å². The second-order valence-corrected chi connectivity index (χ2v) is 5.19. The van der Waals surface area contributed by atoms with Gasteiger partial charge in [-0.05, 0) is 26.2 Å². The Hall–Kier alpha value is -0.750. The molecule has 0 unspecified atom stereocenters. The smallest absolute Gasteiger partial charge is 0.298 e. The maximum atomic E-state index is 12.8. The van der Waals surface area contributed by atoms with E-state index in [0.717, 1.165) is 5.69 Å². The zero-order valence-electron chi connectivity index (χ0n) is 10.9. The van der Waals surface area contributed by atoms with E-state index in [1.807, 2.05) is 13.8 Å². The Morgan fingerprint density at radius 2 is 2.00 bits per heavy atom. The molecule has 0 spiro atoms. The molecule has 1 aliphatic rings. The summed E-state index contributed by atoms with van der Waals surface area (Å²) >= 11 is 6.17. The third kappa shape index (κ3) is 2.60. The number of aryl methyl sites for hydroxylation is 2. The fourth-order valence-corrected chi connectivity index (χ4v) is 2.46. The van der Waals surface area contributed by atoms with Gasteiger partial charge in [-0.3, -0.25) is 10.00 Å². The Morgan fingerprint density at radius 3 is 2.42 bits per heavy atom. The first-order valence-corrected chi connectivity index (χ1v) is 6.78. The summed E-state index contributed by atoms with van der Waals surface area (Å²) in [6, 6.07) is 0. The van der Waals surface area contributed by atoms with Crippen LogP contribution >= 0.6 is 11.6 Å². The average Bonchev–Trinajstić information content (AvgIpc) is 3.07. The monoisotopic (exact) mass is 295 g/mol. The fraction of sp³-hybridized carbons (Fsp3) is 0.750. The summed E-state index contributed by atoms with van der Waals surface area (Å²) in [4.78, 5) is 0. The molecule has 0 bridgehead atoms. The largest absolute Gasteiger partial charge is 0.406 e. The normalized spacial score (nSPS) is 17.8. The van der Waals surface area contributed by atoms with Crippen molar-refractivity contribution < 1.29 is 13.2 Å². The van der Waals surface area contributed by atoms with Crippen LogP contribution in [0.25, 0.3) is 0 Å². The lowest BCUT2D eigenvalue weighted by Gasteiger charge is -2.21. The van der Waals surface area contributed by atoms with E-state index in [9.17, 15) is 13.2 Å². The SMILES string of the molecule is CCc1nn(CC)c(CNC2(C(F)(F)F)CC2)c1Cl. The van der Waals surface area contributed by atoms with Crippen LogP contribution in [0.3, 0.4) is 0 Å². The summed E-state index contributed by atoms with van der Waals surface area (Å²) in [5.41, 5.74) is -0.348. The van der Waals surface area contributed by atoms with Gasteiger partial charge in [0.15, 0.2) is 0 Å². The van der Waals surface area contributed by atoms with E-state index in [4.69, 9.17) is 11.6 Å². The van der Waals surface area contributed by atoms with Crippen LogP contribution in [0.15, 0.2) is 0 Å². The van der Waals surface area contributed by atoms with Gasteiger partial charge in [-0.2, -0.15) is 18.3 Å². The third-order valence-electron chi connectivity index (χ3n) is 3.58. The molecule has 1 N–H and O–H groups in total. The fourth-order valence-electron chi connectivity index (χ4n) is 2.12. The molecule has 3 nitrogen and oxygen atoms in total. The molecule has 0 aromatic carbocycles. The quantitative estimate of drug-likeness (QED) is 0.903. The molecule has 0 aliphatic heterocycles. The Bertz CT molecular complexity index is 464. The highest BCUT2D eigenvalue weighted by atomic mass is 35.5. The lowest BCUT2D eigenvalue weighted by Crippen LogP contribution is -2.44. The molecule has 0 amide bonds. The predicted molar refractivity (Wildman–Crippen MR) is 67.1 cm³/mol. The van der Waals surface area contributed by atoms with Crippen LogP contribution in [0.5, 0.6) is 0 Å². The highest BCUT2D eigenvalue weighted by Crippen LogP contribution is 2.49. The number of aromatic nitrogens is 2. The van der Waals surface area contributed by atoms with E-state index >= 15 is 0 Å². The second-order valence-electron chi connectivity index (χ2n) is 4.81. The molecule has 19 heavy (non-hydrogen) atoms. The molecule has 108 valence electrons. The summed E-state index contributed by atoms with van der Waals surface area (Å²) in [5.74, 6) is 0. The molecule has 7 heteroatoms. The van der Waals surface area contributed by atoms with Gasteiger partial charge in [0.25, 0.3) is 0 Å². The van der Waals surface area contributed by atoms with Crippen LogP contribution in [0.2, 0.25) is 5.02 Å². The first-order chi connectivity index (χ1) is 8.84. The molecule has 1 fully saturated rings. The molecule has 1 heterocycles. The van der Waals surface area contributed by atoms with Crippen LogP contribution in [0, 0.1) is 0 Å². The number of rotatable bonds is 5. The Kier molecular flexibility index (Phi) is 3.84. The number of alkyl halides is 3. The van der Waals surface area contributed by atoms with E-state index in [1.165, 1.54) is 0 Å². The van der Waals surface area contributed by atoms with Gasteiger partial charge in [0, 0.05) is 13.1 Å². The van der Waals surface area contributed by atoms with Gasteiger partial charge in [0.1, 0.15) is 5.54 Å². The maximum absolute atomic E-state index is 12.8. The lowest BCUT2D eigenvalue weighted by atomic mass is 10.2. The summed E-state index contributed by atoms with van der Waals surface area (Å²) in [6.07, 6.45) is -3.27. The average molecular weight is 296 g/mol. The van der Waals surface area contributed by atoms with Gasteiger partial charge in [-0.15, -0.1) is 0 Å². The number of nitrogens with zero attached hydrogens (tertiary/aromatic N) is 2. The van der Waals surface area contributed by atoms with E-state index < -0.39 is 11.7 Å². The molecule has 1 aliphatic carbocycles. The molecule has 0 atom stereocenters. The zero-order valence-corrected chi connectivity index (χ0v) is 11.7. The zero-order chi connectivity index (χ0) is 14.3. The van der Waals surface area contributed by atoms with E-state index in [1.54, 1.807) is 4.68 Å². The van der Waals surface area contributed by atoms with Crippen molar-refractivity contribution in [3.63, 3.8) is 0 Å². The highest BCUT2D eigenvalue weighted by molar-refractivity contribution is 6.31. The summed E-state index contributed by atoms with van der Waals surface area (Å²) < 4.78 is 40.2. The van der Waals surface area contributed by atoms with Crippen molar-refractivity contribution in [3.05, 3.63) is 16.4 Å². The molecule has 1 aromatic rings. The van der Waals surface area contributed by atoms with Crippen LogP contribution in [0.4, 0.5) is 13.2 Å². The molecule has 0 saturated heterocycles. The summed E-state index contributed by atoms with van der Waals surface area (Å²) in [6.45, 7) is 4.50. The topological polar surface area (TPSA) is 29.9 Å². The Morgan fingerprint density at radius 1 is 1.37 bits per heavy atom. The molecule has 2 rings (SSSR count). The predicted octanol–water partition coefficient (Wildman–Crippen LogP) is 3.30. The van der Waals surface area contributed by atoms with Crippen molar-refractivity contribution in [2.45, 2.75) is 57.9 Å². The minimum Gasteiger partial charge on any atom is -0.298 e. The lowest BCUT2D eigenvalue weighted by molar-refractivity contribution is -0.166. The van der Waals surface area contributed by atoms with E-state index in [0.29, 0.717) is 23.7 Å². The molecular weight excluding hydrogens is 279 g/mol. The molecule has 1 saturated carbocycles. The van der Waals surface area contributed by atoms with Crippen molar-refractivity contribution >= 4 is 11.6 Å². The highest BCUT2D eigenvalue weighted by Gasteiger charge is 2.63. The van der Waals surface area contributed by atoms with Crippen LogP contribution in [0.1, 0.15) is 38.1 Å². The molecule has 0 radical (unpaired) electrons. The minimum absolute atomic E-state index is 0.0964. The van der Waals surface area contributed by atoms with E-state index in [2.05, 4.69) is 10.4 Å². The number of hydrogen-bond donors (Lipinski definition) is 1. The van der Waals surface area contributed by atoms with Crippen molar-refractivity contribution in [3.8, 4) is 0 Å². The van der Waals surface area contributed by atoms with Crippen molar-refractivity contribution in [2.24, 2.45) is 0 Å². The van der Waals surface area contributed by atoms with Gasteiger partial charge in [-0.1, -0.05) is 18.5 Å². The first-order valence-electron chi connectivity index (χ1n) is 6.40. The molecular formula is C12H17ClF3N3. The van der Waals surface area contributed by atoms with Crippen LogP contribution in [-0.4, -0.2) is 21.5 Å². The third-order valence-corrected chi connectivity index (χ3v) is 4.02. The standard InChI is InChI=1S/C12H17ClF3N3/c1-3-8-10(13)9(19(4-2)18-8)7-17-11(5-6-11)12(14,15)16/h17H,3-7H2,1-2H3. The summed E-state index contributed by atoms with van der Waals surface area (Å²) in [5, 5.41) is 7.38. The first kappa shape index (κ1) is 14.7. The maximum Gasteiger partial charge on any atom is 0.406 e. The minimum atomic E-state index is -4.20. The van der Waals surface area contributed by atoms with Crippen molar-refractivity contribution in [2.75, 3.05) is 0 Å². The Balaban J connectivity index is 2.14. The second kappa shape index (κ2) is 4.98. The number of halogens is 4.